The Morgan fingerprint density at radius 2 is 0.868 bits per heavy atom. The molecule has 4 heteroatoms. The van der Waals surface area contributed by atoms with E-state index in [1.165, 1.54) is 82.0 Å². The third-order valence-corrected chi connectivity index (χ3v) is 17.1. The molecule has 0 fully saturated rings. The molecule has 68 heavy (non-hydrogen) atoms. The van der Waals surface area contributed by atoms with E-state index in [1.807, 2.05) is 11.8 Å². The van der Waals surface area contributed by atoms with Gasteiger partial charge >= 0.3 is 0 Å². The van der Waals surface area contributed by atoms with E-state index in [9.17, 15) is 0 Å². The van der Waals surface area contributed by atoms with E-state index in [0.717, 1.165) is 22.7 Å². The summed E-state index contributed by atoms with van der Waals surface area (Å²) in [6, 6.07) is 92.2. The average Bonchev–Trinajstić information content (AvgIpc) is 3.69. The molecule has 12 rings (SSSR count). The zero-order valence-electron chi connectivity index (χ0n) is 38.5. The van der Waals surface area contributed by atoms with Crippen LogP contribution in [0.2, 0.25) is 19.6 Å². The lowest BCUT2D eigenvalue weighted by Crippen LogP contribution is -2.37. The first-order valence-corrected chi connectivity index (χ1v) is 27.9. The highest BCUT2D eigenvalue weighted by molar-refractivity contribution is 7.99. The number of rotatable bonds is 9. The van der Waals surface area contributed by atoms with Gasteiger partial charge in [-0.25, -0.2) is 0 Å². The Labute approximate surface area is 405 Å². The summed E-state index contributed by atoms with van der Waals surface area (Å²) in [7, 11) is -1.41. The number of hydrogen-bond acceptors (Lipinski definition) is 3. The molecule has 0 spiro atoms. The van der Waals surface area contributed by atoms with Crippen LogP contribution in [0.25, 0.3) is 33.4 Å². The van der Waals surface area contributed by atoms with Crippen molar-refractivity contribution >= 4 is 59.1 Å². The standard InChI is InChI=1S/C64H50N2SSi/c1-68(2,3)55-39-31-46(32-40-55)45-27-34-52(35-28-45)65(54-38-41-57-56-23-13-14-24-58(56)64(59(57)44-54,49-17-7-4-8-18-49)50-19-9-5-10-20-50)53-36-29-47(30-37-53)48-33-42-61-63(43-48)67-62-26-16-15-25-60(62)66(61)51-21-11-6-12-22-51/h4-44H,1-3H3. The molecule has 0 unspecified atom stereocenters. The summed E-state index contributed by atoms with van der Waals surface area (Å²) in [4.78, 5) is 7.32. The fourth-order valence-corrected chi connectivity index (χ4v) is 12.8. The molecule has 0 bridgehead atoms. The number of para-hydroxylation sites is 2. The van der Waals surface area contributed by atoms with Gasteiger partial charge in [0.05, 0.1) is 24.9 Å². The highest BCUT2D eigenvalue weighted by Crippen LogP contribution is 2.57. The minimum Gasteiger partial charge on any atom is -0.310 e. The second-order valence-electron chi connectivity index (χ2n) is 18.9. The lowest BCUT2D eigenvalue weighted by atomic mass is 9.67. The van der Waals surface area contributed by atoms with Crippen LogP contribution in [-0.2, 0) is 5.41 Å². The van der Waals surface area contributed by atoms with Gasteiger partial charge in [-0.05, 0) is 128 Å². The number of benzene rings is 10. The molecule has 10 aromatic carbocycles. The minimum atomic E-state index is -1.41. The summed E-state index contributed by atoms with van der Waals surface area (Å²) >= 11 is 1.85. The first kappa shape index (κ1) is 41.8. The molecule has 0 N–H and O–H groups in total. The first-order chi connectivity index (χ1) is 33.3. The van der Waals surface area contributed by atoms with Gasteiger partial charge in [-0.1, -0.05) is 213 Å². The average molecular weight is 907 g/mol. The molecule has 1 aliphatic carbocycles. The van der Waals surface area contributed by atoms with Gasteiger partial charge in [-0.2, -0.15) is 0 Å². The predicted octanol–water partition coefficient (Wildman–Crippen LogP) is 17.3. The Bertz CT molecular complexity index is 3400. The molecule has 10 aromatic rings. The molecule has 0 amide bonds. The maximum absolute atomic E-state index is 2.46. The van der Waals surface area contributed by atoms with E-state index in [2.05, 4.69) is 278 Å². The maximum Gasteiger partial charge on any atom is 0.0775 e. The van der Waals surface area contributed by atoms with Crippen LogP contribution < -0.4 is 15.0 Å². The quantitative estimate of drug-likeness (QED) is 0.133. The summed E-state index contributed by atoms with van der Waals surface area (Å²) in [6.07, 6.45) is 0. The van der Waals surface area contributed by atoms with Crippen molar-refractivity contribution in [2.75, 3.05) is 9.80 Å². The fraction of sp³-hybridized carbons (Fsp3) is 0.0625. The zero-order valence-corrected chi connectivity index (χ0v) is 40.3. The third-order valence-electron chi connectivity index (χ3n) is 13.9. The van der Waals surface area contributed by atoms with Crippen molar-refractivity contribution < 1.29 is 0 Å². The van der Waals surface area contributed by atoms with E-state index < -0.39 is 13.5 Å². The summed E-state index contributed by atoms with van der Waals surface area (Å²) in [5.41, 5.74) is 18.8. The summed E-state index contributed by atoms with van der Waals surface area (Å²) in [6.45, 7) is 7.22. The van der Waals surface area contributed by atoms with Crippen molar-refractivity contribution in [3.8, 4) is 33.4 Å². The summed E-state index contributed by atoms with van der Waals surface area (Å²) in [5, 5.41) is 1.47. The molecule has 0 atom stereocenters. The molecule has 0 aromatic heterocycles. The highest BCUT2D eigenvalue weighted by atomic mass is 32.2. The van der Waals surface area contributed by atoms with Crippen LogP contribution in [0, 0.1) is 0 Å². The van der Waals surface area contributed by atoms with E-state index in [-0.39, 0.29) is 0 Å². The van der Waals surface area contributed by atoms with Crippen molar-refractivity contribution in [1.29, 1.82) is 0 Å². The molecular weight excluding hydrogens is 857 g/mol. The number of fused-ring (bicyclic) bond motifs is 5. The topological polar surface area (TPSA) is 6.48 Å². The van der Waals surface area contributed by atoms with E-state index in [4.69, 9.17) is 0 Å². The van der Waals surface area contributed by atoms with Crippen LogP contribution in [-0.4, -0.2) is 8.07 Å². The molecule has 1 heterocycles. The van der Waals surface area contributed by atoms with Crippen LogP contribution in [0.4, 0.5) is 34.1 Å². The molecule has 2 aliphatic rings. The van der Waals surface area contributed by atoms with Gasteiger partial charge in [0.25, 0.3) is 0 Å². The molecule has 1 aliphatic heterocycles. The predicted molar refractivity (Wildman–Crippen MR) is 291 cm³/mol. The first-order valence-electron chi connectivity index (χ1n) is 23.6. The van der Waals surface area contributed by atoms with E-state index >= 15 is 0 Å². The Kier molecular flexibility index (Phi) is 10.4. The van der Waals surface area contributed by atoms with Crippen molar-refractivity contribution in [3.05, 3.63) is 271 Å². The van der Waals surface area contributed by atoms with Crippen LogP contribution in [0.3, 0.4) is 0 Å². The Hall–Kier alpha value is -7.63. The lowest BCUT2D eigenvalue weighted by molar-refractivity contribution is 0.768. The summed E-state index contributed by atoms with van der Waals surface area (Å²) < 4.78 is 0. The van der Waals surface area contributed by atoms with Crippen molar-refractivity contribution in [2.24, 2.45) is 0 Å². The van der Waals surface area contributed by atoms with Gasteiger partial charge in [0.1, 0.15) is 0 Å². The fourth-order valence-electron chi connectivity index (χ4n) is 10.6. The van der Waals surface area contributed by atoms with Crippen LogP contribution in [0.15, 0.2) is 259 Å². The Morgan fingerprint density at radius 1 is 0.382 bits per heavy atom. The SMILES string of the molecule is C[Si](C)(C)c1ccc(-c2ccc(N(c3ccc(-c4ccc5c(c4)Sc4ccccc4N5c4ccccc4)cc3)c3ccc4c(c3)C(c3ccccc3)(c3ccccc3)c3ccccc3-4)cc2)cc1. The largest absolute Gasteiger partial charge is 0.310 e. The van der Waals surface area contributed by atoms with E-state index in [1.54, 1.807) is 0 Å². The monoisotopic (exact) mass is 906 g/mol. The van der Waals surface area contributed by atoms with Gasteiger partial charge in [-0.3, -0.25) is 0 Å². The minimum absolute atomic E-state index is 0.507. The lowest BCUT2D eigenvalue weighted by Gasteiger charge is -2.35. The Morgan fingerprint density at radius 3 is 1.50 bits per heavy atom. The molecule has 0 saturated carbocycles. The van der Waals surface area contributed by atoms with Gasteiger partial charge in [0.2, 0.25) is 0 Å². The van der Waals surface area contributed by atoms with Crippen molar-refractivity contribution in [1.82, 2.24) is 0 Å². The Balaban J connectivity index is 0.980. The molecular formula is C64H50N2SSi. The normalized spacial score (nSPS) is 13.2. The zero-order chi connectivity index (χ0) is 45.8. The molecule has 326 valence electrons. The van der Waals surface area contributed by atoms with Crippen LogP contribution in [0.1, 0.15) is 22.3 Å². The van der Waals surface area contributed by atoms with Gasteiger partial charge in [0.15, 0.2) is 0 Å². The van der Waals surface area contributed by atoms with Gasteiger partial charge in [0, 0.05) is 32.5 Å². The second-order valence-corrected chi connectivity index (χ2v) is 25.1. The number of hydrogen-bond donors (Lipinski definition) is 0. The van der Waals surface area contributed by atoms with Crippen molar-refractivity contribution in [3.63, 3.8) is 0 Å². The smallest absolute Gasteiger partial charge is 0.0775 e. The van der Waals surface area contributed by atoms with Crippen molar-refractivity contribution in [2.45, 2.75) is 34.8 Å². The van der Waals surface area contributed by atoms with Crippen LogP contribution >= 0.6 is 11.8 Å². The number of anilines is 6. The third kappa shape index (κ3) is 7.11. The second kappa shape index (κ2) is 16.9. The molecule has 0 radical (unpaired) electrons. The molecule has 0 saturated heterocycles. The summed E-state index contributed by atoms with van der Waals surface area (Å²) in [5.74, 6) is 0. The van der Waals surface area contributed by atoms with Gasteiger partial charge < -0.3 is 9.80 Å². The number of nitrogens with zero attached hydrogens (tertiary/aromatic N) is 2. The van der Waals surface area contributed by atoms with E-state index in [0.29, 0.717) is 0 Å². The highest BCUT2D eigenvalue weighted by Gasteiger charge is 2.46. The maximum atomic E-state index is 2.46. The van der Waals surface area contributed by atoms with Gasteiger partial charge in [-0.15, -0.1) is 0 Å². The molecule has 2 nitrogen and oxygen atoms in total. The van der Waals surface area contributed by atoms with Crippen LogP contribution in [0.5, 0.6) is 0 Å².